The van der Waals surface area contributed by atoms with Crippen molar-refractivity contribution in [3.05, 3.63) is 70.9 Å². The SMILES string of the molecule is COc1nc(CCc2ccccc2)cc(Oc2cc(N)cc(Cl)c2)c1N. The van der Waals surface area contributed by atoms with Crippen molar-refractivity contribution in [1.29, 1.82) is 0 Å². The van der Waals surface area contributed by atoms with Gasteiger partial charge in [0.05, 0.1) is 7.11 Å². The first-order chi connectivity index (χ1) is 12.5. The van der Waals surface area contributed by atoms with Crippen LogP contribution in [-0.2, 0) is 12.8 Å². The average molecular weight is 370 g/mol. The molecule has 2 aromatic carbocycles. The number of rotatable bonds is 6. The molecule has 3 rings (SSSR count). The van der Waals surface area contributed by atoms with Gasteiger partial charge in [-0.3, -0.25) is 0 Å². The normalized spacial score (nSPS) is 10.5. The Morgan fingerprint density at radius 1 is 1.00 bits per heavy atom. The van der Waals surface area contributed by atoms with Crippen molar-refractivity contribution in [3.63, 3.8) is 0 Å². The molecule has 0 aliphatic rings. The zero-order valence-electron chi connectivity index (χ0n) is 14.4. The van der Waals surface area contributed by atoms with Crippen LogP contribution in [0, 0.1) is 0 Å². The third-order valence-electron chi connectivity index (χ3n) is 3.87. The Morgan fingerprint density at radius 2 is 1.77 bits per heavy atom. The molecule has 26 heavy (non-hydrogen) atoms. The lowest BCUT2D eigenvalue weighted by molar-refractivity contribution is 0.393. The van der Waals surface area contributed by atoms with Gasteiger partial charge in [0.25, 0.3) is 0 Å². The summed E-state index contributed by atoms with van der Waals surface area (Å²) in [6.45, 7) is 0. The molecule has 3 aromatic rings. The number of aryl methyl sites for hydroxylation is 2. The van der Waals surface area contributed by atoms with Crippen molar-refractivity contribution in [1.82, 2.24) is 4.98 Å². The van der Waals surface area contributed by atoms with E-state index >= 15 is 0 Å². The summed E-state index contributed by atoms with van der Waals surface area (Å²) < 4.78 is 11.2. The molecule has 0 atom stereocenters. The standard InChI is InChI=1S/C20H20ClN3O2/c1-25-20-19(23)18(26-17-10-14(21)9-15(22)11-17)12-16(24-20)8-7-13-5-3-2-4-6-13/h2-6,9-12H,7-8,22-23H2,1H3. The Morgan fingerprint density at radius 3 is 2.46 bits per heavy atom. The molecule has 0 aliphatic heterocycles. The summed E-state index contributed by atoms with van der Waals surface area (Å²) in [6.07, 6.45) is 1.58. The van der Waals surface area contributed by atoms with Crippen molar-refractivity contribution >= 4 is 23.0 Å². The predicted octanol–water partition coefficient (Wildman–Crippen LogP) is 4.49. The first-order valence-corrected chi connectivity index (χ1v) is 8.54. The van der Waals surface area contributed by atoms with E-state index in [9.17, 15) is 0 Å². The molecule has 0 bridgehead atoms. The second-order valence-electron chi connectivity index (χ2n) is 5.84. The maximum Gasteiger partial charge on any atom is 0.241 e. The minimum absolute atomic E-state index is 0.328. The molecule has 0 aliphatic carbocycles. The number of nitrogens with zero attached hydrogens (tertiary/aromatic N) is 1. The van der Waals surface area contributed by atoms with Crippen LogP contribution in [0.5, 0.6) is 17.4 Å². The van der Waals surface area contributed by atoms with Crippen LogP contribution in [0.3, 0.4) is 0 Å². The molecule has 0 fully saturated rings. The van der Waals surface area contributed by atoms with Crippen LogP contribution in [0.2, 0.25) is 5.02 Å². The van der Waals surface area contributed by atoms with Gasteiger partial charge in [-0.1, -0.05) is 41.9 Å². The lowest BCUT2D eigenvalue weighted by atomic mass is 10.1. The van der Waals surface area contributed by atoms with Crippen LogP contribution in [0.15, 0.2) is 54.6 Å². The Kier molecular flexibility index (Phi) is 5.49. The Labute approximate surface area is 157 Å². The average Bonchev–Trinajstić information content (AvgIpc) is 2.62. The van der Waals surface area contributed by atoms with Gasteiger partial charge in [-0.15, -0.1) is 0 Å². The summed E-state index contributed by atoms with van der Waals surface area (Å²) in [5.74, 6) is 1.30. The summed E-state index contributed by atoms with van der Waals surface area (Å²) in [5.41, 5.74) is 14.8. The fourth-order valence-corrected chi connectivity index (χ4v) is 2.85. The van der Waals surface area contributed by atoms with E-state index in [0.29, 0.717) is 33.8 Å². The molecule has 0 amide bonds. The zero-order chi connectivity index (χ0) is 18.5. The van der Waals surface area contributed by atoms with E-state index in [4.69, 9.17) is 32.5 Å². The zero-order valence-corrected chi connectivity index (χ0v) is 15.2. The highest BCUT2D eigenvalue weighted by molar-refractivity contribution is 6.31. The molecule has 5 nitrogen and oxygen atoms in total. The van der Waals surface area contributed by atoms with E-state index in [-0.39, 0.29) is 0 Å². The van der Waals surface area contributed by atoms with Crippen molar-refractivity contribution in [2.24, 2.45) is 0 Å². The first kappa shape index (κ1) is 17.9. The van der Waals surface area contributed by atoms with Gasteiger partial charge < -0.3 is 20.9 Å². The van der Waals surface area contributed by atoms with Gasteiger partial charge in [-0.2, -0.15) is 0 Å². The first-order valence-electron chi connectivity index (χ1n) is 8.16. The van der Waals surface area contributed by atoms with E-state index in [1.807, 2.05) is 24.3 Å². The highest BCUT2D eigenvalue weighted by Crippen LogP contribution is 2.35. The van der Waals surface area contributed by atoms with Crippen LogP contribution >= 0.6 is 11.6 Å². The molecule has 6 heteroatoms. The van der Waals surface area contributed by atoms with Gasteiger partial charge in [0.1, 0.15) is 11.4 Å². The smallest absolute Gasteiger partial charge is 0.241 e. The number of halogens is 1. The van der Waals surface area contributed by atoms with Crippen LogP contribution < -0.4 is 20.9 Å². The number of methoxy groups -OCH3 is 1. The number of aromatic nitrogens is 1. The molecule has 0 unspecified atom stereocenters. The number of benzene rings is 2. The fraction of sp³-hybridized carbons (Fsp3) is 0.150. The minimum atomic E-state index is 0.328. The molecule has 0 saturated heterocycles. The van der Waals surface area contributed by atoms with Crippen LogP contribution in [-0.4, -0.2) is 12.1 Å². The Bertz CT molecular complexity index is 881. The lowest BCUT2D eigenvalue weighted by Crippen LogP contribution is -2.03. The summed E-state index contributed by atoms with van der Waals surface area (Å²) in [7, 11) is 1.53. The van der Waals surface area contributed by atoms with Gasteiger partial charge in [-0.25, -0.2) is 4.98 Å². The molecule has 0 spiro atoms. The number of nitrogens with two attached hydrogens (primary N) is 2. The second kappa shape index (κ2) is 7.97. The number of nitrogen functional groups attached to an aromatic ring is 2. The van der Waals surface area contributed by atoms with Crippen molar-refractivity contribution in [3.8, 4) is 17.4 Å². The number of anilines is 2. The van der Waals surface area contributed by atoms with Crippen molar-refractivity contribution in [2.45, 2.75) is 12.8 Å². The molecule has 1 aromatic heterocycles. The molecule has 134 valence electrons. The second-order valence-corrected chi connectivity index (χ2v) is 6.28. The van der Waals surface area contributed by atoms with E-state index in [2.05, 4.69) is 17.1 Å². The highest BCUT2D eigenvalue weighted by atomic mass is 35.5. The summed E-state index contributed by atoms with van der Waals surface area (Å²) in [6, 6.07) is 17.0. The van der Waals surface area contributed by atoms with Gasteiger partial charge in [-0.05, 0) is 30.5 Å². The minimum Gasteiger partial charge on any atom is -0.479 e. The largest absolute Gasteiger partial charge is 0.479 e. The van der Waals surface area contributed by atoms with Crippen LogP contribution in [0.25, 0.3) is 0 Å². The fourth-order valence-electron chi connectivity index (χ4n) is 2.61. The number of hydrogen-bond donors (Lipinski definition) is 2. The third kappa shape index (κ3) is 4.37. The third-order valence-corrected chi connectivity index (χ3v) is 4.08. The van der Waals surface area contributed by atoms with Gasteiger partial charge >= 0.3 is 0 Å². The van der Waals surface area contributed by atoms with Crippen molar-refractivity contribution < 1.29 is 9.47 Å². The van der Waals surface area contributed by atoms with E-state index in [1.54, 1.807) is 18.2 Å². The lowest BCUT2D eigenvalue weighted by Gasteiger charge is -2.14. The molecular formula is C20H20ClN3O2. The Hall–Kier alpha value is -2.92. The monoisotopic (exact) mass is 369 g/mol. The topological polar surface area (TPSA) is 83.4 Å². The molecule has 4 N–H and O–H groups in total. The molecule has 0 radical (unpaired) electrons. The van der Waals surface area contributed by atoms with Gasteiger partial charge in [0.2, 0.25) is 5.88 Å². The summed E-state index contributed by atoms with van der Waals surface area (Å²) in [4.78, 5) is 4.47. The highest BCUT2D eigenvalue weighted by Gasteiger charge is 2.13. The quantitative estimate of drug-likeness (QED) is 0.625. The predicted molar refractivity (Wildman–Crippen MR) is 105 cm³/mol. The Balaban J connectivity index is 1.86. The maximum atomic E-state index is 6.12. The number of ether oxygens (including phenoxy) is 2. The van der Waals surface area contributed by atoms with E-state index in [1.165, 1.54) is 12.7 Å². The summed E-state index contributed by atoms with van der Waals surface area (Å²) in [5, 5.41) is 0.490. The van der Waals surface area contributed by atoms with Gasteiger partial charge in [0.15, 0.2) is 5.75 Å². The molecule has 0 saturated carbocycles. The van der Waals surface area contributed by atoms with Crippen LogP contribution in [0.4, 0.5) is 11.4 Å². The summed E-state index contributed by atoms with van der Waals surface area (Å²) >= 11 is 6.04. The molecule has 1 heterocycles. The number of pyridine rings is 1. The number of hydrogen-bond acceptors (Lipinski definition) is 5. The van der Waals surface area contributed by atoms with E-state index < -0.39 is 0 Å². The van der Waals surface area contributed by atoms with Crippen molar-refractivity contribution in [2.75, 3.05) is 18.6 Å². The van der Waals surface area contributed by atoms with Gasteiger partial charge in [0, 0.05) is 28.5 Å². The van der Waals surface area contributed by atoms with E-state index in [0.717, 1.165) is 18.5 Å². The van der Waals surface area contributed by atoms with Crippen LogP contribution in [0.1, 0.15) is 11.3 Å². The maximum absolute atomic E-state index is 6.12. The molecular weight excluding hydrogens is 350 g/mol.